The number of carbonyl (C=O) groups is 1. The summed E-state index contributed by atoms with van der Waals surface area (Å²) in [5, 5.41) is 3.13. The number of hydrogen-bond donors (Lipinski definition) is 1. The van der Waals surface area contributed by atoms with Crippen LogP contribution in [0.15, 0.2) is 24.3 Å². The lowest BCUT2D eigenvalue weighted by molar-refractivity contribution is -0.148. The van der Waals surface area contributed by atoms with Crippen LogP contribution >= 0.6 is 0 Å². The number of methoxy groups -OCH3 is 1. The Bertz CT molecular complexity index is 412. The summed E-state index contributed by atoms with van der Waals surface area (Å²) in [6.07, 6.45) is 1.62. The van der Waals surface area contributed by atoms with E-state index >= 15 is 0 Å². The quantitative estimate of drug-likeness (QED) is 0.814. The molecule has 0 radical (unpaired) electrons. The van der Waals surface area contributed by atoms with Crippen molar-refractivity contribution in [1.29, 1.82) is 0 Å². The van der Waals surface area contributed by atoms with Gasteiger partial charge >= 0.3 is 5.97 Å². The van der Waals surface area contributed by atoms with Gasteiger partial charge in [-0.3, -0.25) is 4.79 Å². The predicted octanol–water partition coefficient (Wildman–Crippen LogP) is 2.04. The first-order chi connectivity index (χ1) is 8.14. The Morgan fingerprint density at radius 2 is 2.00 bits per heavy atom. The van der Waals surface area contributed by atoms with E-state index in [0.717, 1.165) is 18.4 Å². The van der Waals surface area contributed by atoms with E-state index in [1.807, 2.05) is 0 Å². The van der Waals surface area contributed by atoms with Gasteiger partial charge in [-0.2, -0.15) is 0 Å². The summed E-state index contributed by atoms with van der Waals surface area (Å²) in [6.45, 7) is 0. The fraction of sp³-hybridized carbons (Fsp3) is 0.462. The van der Waals surface area contributed by atoms with E-state index in [-0.39, 0.29) is 17.8 Å². The van der Waals surface area contributed by atoms with Gasteiger partial charge in [-0.1, -0.05) is 12.1 Å². The highest BCUT2D eigenvalue weighted by atomic mass is 19.1. The van der Waals surface area contributed by atoms with Gasteiger partial charge in [0, 0.05) is 6.04 Å². The highest BCUT2D eigenvalue weighted by Crippen LogP contribution is 2.55. The lowest BCUT2D eigenvalue weighted by Crippen LogP contribution is -2.33. The lowest BCUT2D eigenvalue weighted by atomic mass is 9.90. The average Bonchev–Trinajstić information content (AvgIpc) is 3.13. The zero-order valence-electron chi connectivity index (χ0n) is 10.00. The van der Waals surface area contributed by atoms with Crippen molar-refractivity contribution in [1.82, 2.24) is 5.32 Å². The number of benzene rings is 1. The van der Waals surface area contributed by atoms with E-state index in [1.165, 1.54) is 19.2 Å². The van der Waals surface area contributed by atoms with E-state index in [1.54, 1.807) is 19.2 Å². The molecule has 3 nitrogen and oxygen atoms in total. The summed E-state index contributed by atoms with van der Waals surface area (Å²) in [4.78, 5) is 11.8. The molecule has 0 spiro atoms. The molecule has 17 heavy (non-hydrogen) atoms. The lowest BCUT2D eigenvalue weighted by Gasteiger charge is -2.24. The van der Waals surface area contributed by atoms with Gasteiger partial charge in [0.15, 0.2) is 0 Å². The zero-order valence-corrected chi connectivity index (χ0v) is 10.00. The zero-order chi connectivity index (χ0) is 12.5. The van der Waals surface area contributed by atoms with Gasteiger partial charge in [-0.05, 0) is 37.6 Å². The summed E-state index contributed by atoms with van der Waals surface area (Å²) < 4.78 is 17.7. The van der Waals surface area contributed by atoms with Crippen LogP contribution in [0.3, 0.4) is 0 Å². The van der Waals surface area contributed by atoms with Crippen molar-refractivity contribution >= 4 is 5.97 Å². The molecule has 92 valence electrons. The minimum absolute atomic E-state index is 0.115. The third-order valence-corrected chi connectivity index (χ3v) is 3.43. The second-order valence-electron chi connectivity index (χ2n) is 4.42. The number of carbonyl (C=O) groups excluding carboxylic acids is 1. The molecule has 2 rings (SSSR count). The van der Waals surface area contributed by atoms with E-state index in [4.69, 9.17) is 4.74 Å². The normalized spacial score (nSPS) is 18.5. The Balaban J connectivity index is 2.28. The van der Waals surface area contributed by atoms with Crippen LogP contribution in [0.1, 0.15) is 24.4 Å². The third kappa shape index (κ3) is 2.05. The van der Waals surface area contributed by atoms with Crippen LogP contribution in [-0.2, 0) is 9.53 Å². The molecule has 0 aromatic heterocycles. The molecule has 1 aromatic rings. The molecular weight excluding hydrogens is 221 g/mol. The molecule has 1 aromatic carbocycles. The number of halogens is 1. The molecule has 1 fully saturated rings. The molecule has 0 saturated heterocycles. The van der Waals surface area contributed by atoms with Gasteiger partial charge in [-0.25, -0.2) is 4.39 Å². The second-order valence-corrected chi connectivity index (χ2v) is 4.42. The molecule has 1 saturated carbocycles. The summed E-state index contributed by atoms with van der Waals surface area (Å²) >= 11 is 0. The Hall–Kier alpha value is -1.42. The second kappa shape index (κ2) is 4.45. The van der Waals surface area contributed by atoms with Crippen molar-refractivity contribution < 1.29 is 13.9 Å². The Morgan fingerprint density at radius 1 is 1.41 bits per heavy atom. The van der Waals surface area contributed by atoms with Crippen LogP contribution < -0.4 is 5.32 Å². The highest BCUT2D eigenvalue weighted by molar-refractivity contribution is 5.81. The van der Waals surface area contributed by atoms with Crippen molar-refractivity contribution in [3.63, 3.8) is 0 Å². The van der Waals surface area contributed by atoms with Crippen molar-refractivity contribution in [2.75, 3.05) is 14.2 Å². The molecule has 1 atom stereocenters. The van der Waals surface area contributed by atoms with E-state index in [9.17, 15) is 9.18 Å². The maximum absolute atomic E-state index is 12.9. The van der Waals surface area contributed by atoms with Gasteiger partial charge in [0.1, 0.15) is 5.82 Å². The van der Waals surface area contributed by atoms with E-state index < -0.39 is 5.41 Å². The first-order valence-corrected chi connectivity index (χ1v) is 5.65. The topological polar surface area (TPSA) is 38.3 Å². The smallest absolute Gasteiger partial charge is 0.313 e. The number of hydrogen-bond acceptors (Lipinski definition) is 3. The standard InChI is InChI=1S/C13H16FNO2/c1-15-11(9-3-5-10(14)6-4-9)13(7-8-13)12(16)17-2/h3-6,11,15H,7-8H2,1-2H3. The van der Waals surface area contributed by atoms with Crippen LogP contribution in [0.4, 0.5) is 4.39 Å². The van der Waals surface area contributed by atoms with Crippen molar-refractivity contribution in [2.45, 2.75) is 18.9 Å². The largest absolute Gasteiger partial charge is 0.469 e. The van der Waals surface area contributed by atoms with Gasteiger partial charge in [0.2, 0.25) is 0 Å². The minimum Gasteiger partial charge on any atom is -0.469 e. The van der Waals surface area contributed by atoms with Gasteiger partial charge in [0.25, 0.3) is 0 Å². The Kier molecular flexibility index (Phi) is 3.15. The third-order valence-electron chi connectivity index (χ3n) is 3.43. The predicted molar refractivity (Wildman–Crippen MR) is 61.9 cm³/mol. The maximum atomic E-state index is 12.9. The molecule has 0 aliphatic heterocycles. The van der Waals surface area contributed by atoms with E-state index in [2.05, 4.69) is 5.32 Å². The van der Waals surface area contributed by atoms with Crippen LogP contribution in [0.25, 0.3) is 0 Å². The average molecular weight is 237 g/mol. The fourth-order valence-corrected chi connectivity index (χ4v) is 2.37. The molecule has 0 bridgehead atoms. The number of esters is 1. The molecule has 0 amide bonds. The minimum atomic E-state index is -0.471. The monoisotopic (exact) mass is 237 g/mol. The van der Waals surface area contributed by atoms with E-state index in [0.29, 0.717) is 0 Å². The van der Waals surface area contributed by atoms with Crippen molar-refractivity contribution in [2.24, 2.45) is 5.41 Å². The van der Waals surface area contributed by atoms with Gasteiger partial charge in [0.05, 0.1) is 12.5 Å². The summed E-state index contributed by atoms with van der Waals surface area (Å²) in [7, 11) is 3.21. The van der Waals surface area contributed by atoms with Crippen LogP contribution in [0.5, 0.6) is 0 Å². The van der Waals surface area contributed by atoms with Crippen LogP contribution in [-0.4, -0.2) is 20.1 Å². The highest BCUT2D eigenvalue weighted by Gasteiger charge is 2.56. The Labute approximate surface area is 100.0 Å². The molecule has 1 unspecified atom stereocenters. The summed E-state index contributed by atoms with van der Waals surface area (Å²) in [5.74, 6) is -0.465. The van der Waals surface area contributed by atoms with Gasteiger partial charge in [-0.15, -0.1) is 0 Å². The van der Waals surface area contributed by atoms with Crippen molar-refractivity contribution in [3.8, 4) is 0 Å². The summed E-state index contributed by atoms with van der Waals surface area (Å²) in [6, 6.07) is 6.12. The molecule has 1 N–H and O–H groups in total. The van der Waals surface area contributed by atoms with Gasteiger partial charge < -0.3 is 10.1 Å². The van der Waals surface area contributed by atoms with Crippen molar-refractivity contribution in [3.05, 3.63) is 35.6 Å². The maximum Gasteiger partial charge on any atom is 0.313 e. The molecule has 1 aliphatic rings. The SMILES string of the molecule is CNC(c1ccc(F)cc1)C1(C(=O)OC)CC1. The molecule has 0 heterocycles. The van der Waals surface area contributed by atoms with Crippen LogP contribution in [0, 0.1) is 11.2 Å². The first kappa shape index (κ1) is 12.0. The van der Waals surface area contributed by atoms with Crippen LogP contribution in [0.2, 0.25) is 0 Å². The number of rotatable bonds is 4. The fourth-order valence-electron chi connectivity index (χ4n) is 2.37. The molecule has 1 aliphatic carbocycles. The first-order valence-electron chi connectivity index (χ1n) is 5.65. The molecule has 4 heteroatoms. The summed E-state index contributed by atoms with van der Waals surface area (Å²) in [5.41, 5.74) is 0.443. The molecular formula is C13H16FNO2. The number of nitrogens with one attached hydrogen (secondary N) is 1. The number of ether oxygens (including phenoxy) is 1. The Morgan fingerprint density at radius 3 is 2.41 bits per heavy atom.